The Bertz CT molecular complexity index is 782. The lowest BCUT2D eigenvalue weighted by atomic mass is 9.95. The molecule has 0 unspecified atom stereocenters. The SMILES string of the molecule is CC[C@@H](C(=O)NCc1cncc(-c2ccoc2)c1)c1ccccc1. The highest BCUT2D eigenvalue weighted by Gasteiger charge is 2.18. The maximum atomic E-state index is 12.5. The fourth-order valence-corrected chi connectivity index (χ4v) is 2.74. The van der Waals surface area contributed by atoms with Gasteiger partial charge in [-0.05, 0) is 29.7 Å². The van der Waals surface area contributed by atoms with Crippen LogP contribution in [-0.4, -0.2) is 10.9 Å². The van der Waals surface area contributed by atoms with Gasteiger partial charge in [-0.2, -0.15) is 0 Å². The van der Waals surface area contributed by atoms with Crippen LogP contribution in [0.5, 0.6) is 0 Å². The minimum Gasteiger partial charge on any atom is -0.472 e. The van der Waals surface area contributed by atoms with Gasteiger partial charge >= 0.3 is 0 Å². The van der Waals surface area contributed by atoms with Gasteiger partial charge < -0.3 is 9.73 Å². The van der Waals surface area contributed by atoms with Gasteiger partial charge in [0.2, 0.25) is 5.91 Å². The molecule has 3 rings (SSSR count). The number of aromatic nitrogens is 1. The summed E-state index contributed by atoms with van der Waals surface area (Å²) in [7, 11) is 0. The summed E-state index contributed by atoms with van der Waals surface area (Å²) in [6.45, 7) is 2.49. The van der Waals surface area contributed by atoms with E-state index >= 15 is 0 Å². The maximum Gasteiger partial charge on any atom is 0.227 e. The molecule has 0 aliphatic rings. The number of hydrogen-bond donors (Lipinski definition) is 1. The zero-order valence-electron chi connectivity index (χ0n) is 13.6. The van der Waals surface area contributed by atoms with E-state index in [9.17, 15) is 4.79 Å². The van der Waals surface area contributed by atoms with Crippen LogP contribution in [0.1, 0.15) is 30.4 Å². The van der Waals surface area contributed by atoms with Crippen molar-refractivity contribution in [2.45, 2.75) is 25.8 Å². The minimum absolute atomic E-state index is 0.0393. The van der Waals surface area contributed by atoms with Crippen molar-refractivity contribution in [2.75, 3.05) is 0 Å². The van der Waals surface area contributed by atoms with Crippen molar-refractivity contribution in [3.63, 3.8) is 0 Å². The lowest BCUT2D eigenvalue weighted by Crippen LogP contribution is -2.28. The second-order valence-corrected chi connectivity index (χ2v) is 5.68. The molecule has 4 nitrogen and oxygen atoms in total. The van der Waals surface area contributed by atoms with Crippen LogP contribution in [0.25, 0.3) is 11.1 Å². The van der Waals surface area contributed by atoms with Crippen molar-refractivity contribution < 1.29 is 9.21 Å². The van der Waals surface area contributed by atoms with Gasteiger partial charge in [-0.25, -0.2) is 0 Å². The van der Waals surface area contributed by atoms with E-state index in [2.05, 4.69) is 10.3 Å². The highest BCUT2D eigenvalue weighted by Crippen LogP contribution is 2.21. The predicted octanol–water partition coefficient (Wildman–Crippen LogP) is 4.15. The van der Waals surface area contributed by atoms with Crippen LogP contribution in [-0.2, 0) is 11.3 Å². The lowest BCUT2D eigenvalue weighted by Gasteiger charge is -2.15. The molecule has 0 fully saturated rings. The van der Waals surface area contributed by atoms with E-state index in [1.807, 2.05) is 49.4 Å². The number of carbonyl (C=O) groups excluding carboxylic acids is 1. The topological polar surface area (TPSA) is 55.1 Å². The number of nitrogens with zero attached hydrogens (tertiary/aromatic N) is 1. The van der Waals surface area contributed by atoms with Crippen molar-refractivity contribution in [1.82, 2.24) is 10.3 Å². The quantitative estimate of drug-likeness (QED) is 0.742. The first-order valence-electron chi connectivity index (χ1n) is 8.07. The lowest BCUT2D eigenvalue weighted by molar-refractivity contribution is -0.122. The molecule has 1 amide bonds. The van der Waals surface area contributed by atoms with Crippen LogP contribution in [0.3, 0.4) is 0 Å². The molecule has 0 aliphatic heterocycles. The first-order chi connectivity index (χ1) is 11.8. The number of hydrogen-bond acceptors (Lipinski definition) is 3. The third-order valence-electron chi connectivity index (χ3n) is 4.04. The third kappa shape index (κ3) is 3.71. The van der Waals surface area contributed by atoms with E-state index in [-0.39, 0.29) is 11.8 Å². The smallest absolute Gasteiger partial charge is 0.227 e. The minimum atomic E-state index is -0.129. The second kappa shape index (κ2) is 7.59. The molecule has 0 bridgehead atoms. The van der Waals surface area contributed by atoms with E-state index in [1.54, 1.807) is 24.9 Å². The van der Waals surface area contributed by atoms with E-state index < -0.39 is 0 Å². The van der Waals surface area contributed by atoms with Crippen molar-refractivity contribution in [3.8, 4) is 11.1 Å². The number of amides is 1. The monoisotopic (exact) mass is 320 g/mol. The average Bonchev–Trinajstić information content (AvgIpc) is 3.16. The predicted molar refractivity (Wildman–Crippen MR) is 93.3 cm³/mol. The largest absolute Gasteiger partial charge is 0.472 e. The standard InChI is InChI=1S/C20H20N2O2/c1-2-19(16-6-4-3-5-7-16)20(23)22-12-15-10-18(13-21-11-15)17-8-9-24-14-17/h3-11,13-14,19H,2,12H2,1H3,(H,22,23)/t19-/m1/s1. The molecular weight excluding hydrogens is 300 g/mol. The van der Waals surface area contributed by atoms with Gasteiger partial charge in [0, 0.05) is 30.1 Å². The summed E-state index contributed by atoms with van der Waals surface area (Å²) < 4.78 is 5.10. The number of nitrogens with one attached hydrogen (secondary N) is 1. The Morgan fingerprint density at radius 2 is 2.00 bits per heavy atom. The van der Waals surface area contributed by atoms with E-state index in [0.717, 1.165) is 28.7 Å². The van der Waals surface area contributed by atoms with Crippen molar-refractivity contribution in [3.05, 3.63) is 78.5 Å². The Hall–Kier alpha value is -2.88. The molecule has 2 heterocycles. The number of furan rings is 1. The summed E-state index contributed by atoms with van der Waals surface area (Å²) in [4.78, 5) is 16.8. The Morgan fingerprint density at radius 1 is 1.17 bits per heavy atom. The number of rotatable bonds is 6. The normalized spacial score (nSPS) is 11.9. The molecule has 1 atom stereocenters. The summed E-state index contributed by atoms with van der Waals surface area (Å²) in [5, 5.41) is 3.02. The molecule has 2 aromatic heterocycles. The third-order valence-corrected chi connectivity index (χ3v) is 4.04. The maximum absolute atomic E-state index is 12.5. The second-order valence-electron chi connectivity index (χ2n) is 5.68. The average molecular weight is 320 g/mol. The summed E-state index contributed by atoms with van der Waals surface area (Å²) in [6.07, 6.45) is 7.64. The van der Waals surface area contributed by atoms with E-state index in [4.69, 9.17) is 4.42 Å². The van der Waals surface area contributed by atoms with E-state index in [0.29, 0.717) is 6.54 Å². The van der Waals surface area contributed by atoms with Gasteiger partial charge in [-0.1, -0.05) is 37.3 Å². The summed E-state index contributed by atoms with van der Waals surface area (Å²) in [5.41, 5.74) is 3.96. The van der Waals surface area contributed by atoms with Gasteiger partial charge in [0.05, 0.1) is 18.4 Å². The molecule has 24 heavy (non-hydrogen) atoms. The van der Waals surface area contributed by atoms with Crippen LogP contribution in [0.4, 0.5) is 0 Å². The molecule has 0 saturated heterocycles. The van der Waals surface area contributed by atoms with Gasteiger partial charge in [0.15, 0.2) is 0 Å². The highest BCUT2D eigenvalue weighted by molar-refractivity contribution is 5.83. The zero-order valence-corrected chi connectivity index (χ0v) is 13.6. The summed E-state index contributed by atoms with van der Waals surface area (Å²) in [6, 6.07) is 13.8. The van der Waals surface area contributed by atoms with Gasteiger partial charge in [-0.3, -0.25) is 9.78 Å². The van der Waals surface area contributed by atoms with Crippen LogP contribution < -0.4 is 5.32 Å². The first kappa shape index (κ1) is 16.0. The Labute approximate surface area is 141 Å². The summed E-state index contributed by atoms with van der Waals surface area (Å²) in [5.74, 6) is -0.0892. The number of carbonyl (C=O) groups is 1. The fraction of sp³-hybridized carbons (Fsp3) is 0.200. The molecule has 3 aromatic rings. The molecule has 4 heteroatoms. The molecule has 0 spiro atoms. The van der Waals surface area contributed by atoms with Crippen molar-refractivity contribution in [2.24, 2.45) is 0 Å². The Morgan fingerprint density at radius 3 is 2.71 bits per heavy atom. The van der Waals surface area contributed by atoms with E-state index in [1.165, 1.54) is 0 Å². The van der Waals surface area contributed by atoms with Gasteiger partial charge in [0.25, 0.3) is 0 Å². The Kier molecular flexibility index (Phi) is 5.06. The molecule has 0 saturated carbocycles. The number of pyridine rings is 1. The molecule has 0 radical (unpaired) electrons. The van der Waals surface area contributed by atoms with Crippen LogP contribution in [0.15, 0.2) is 71.8 Å². The fourth-order valence-electron chi connectivity index (χ4n) is 2.74. The zero-order chi connectivity index (χ0) is 16.8. The molecular formula is C20H20N2O2. The number of benzene rings is 1. The summed E-state index contributed by atoms with van der Waals surface area (Å²) >= 11 is 0. The molecule has 1 aromatic carbocycles. The molecule has 1 N–H and O–H groups in total. The van der Waals surface area contributed by atoms with Crippen molar-refractivity contribution in [1.29, 1.82) is 0 Å². The van der Waals surface area contributed by atoms with Crippen molar-refractivity contribution >= 4 is 5.91 Å². The Balaban J connectivity index is 1.67. The van der Waals surface area contributed by atoms with Crippen LogP contribution in [0, 0.1) is 0 Å². The van der Waals surface area contributed by atoms with Gasteiger partial charge in [-0.15, -0.1) is 0 Å². The molecule has 122 valence electrons. The van der Waals surface area contributed by atoms with Gasteiger partial charge in [0.1, 0.15) is 0 Å². The van der Waals surface area contributed by atoms with Crippen LogP contribution >= 0.6 is 0 Å². The van der Waals surface area contributed by atoms with Crippen LogP contribution in [0.2, 0.25) is 0 Å². The molecule has 0 aliphatic carbocycles. The highest BCUT2D eigenvalue weighted by atomic mass is 16.3. The first-order valence-corrected chi connectivity index (χ1v) is 8.07.